The Morgan fingerprint density at radius 3 is 2.74 bits per heavy atom. The lowest BCUT2D eigenvalue weighted by atomic mass is 10.2. The van der Waals surface area contributed by atoms with Crippen LogP contribution in [0.5, 0.6) is 5.75 Å². The standard InChI is InChI=1S/C16H11BrN2O3S/c1-22-13-7-6-9(17)8-11(13)15(21)19-14(20)10-4-2-3-5-12(10)18-16(19)23/h2-8H,1H3,(H,18,23). The minimum atomic E-state index is -0.542. The third-order valence-corrected chi connectivity index (χ3v) is 4.18. The molecule has 1 aromatic heterocycles. The maximum Gasteiger partial charge on any atom is 0.270 e. The maximum atomic E-state index is 12.8. The van der Waals surface area contributed by atoms with Gasteiger partial charge < -0.3 is 9.72 Å². The molecule has 0 aliphatic heterocycles. The van der Waals surface area contributed by atoms with E-state index in [1.165, 1.54) is 7.11 Å². The summed E-state index contributed by atoms with van der Waals surface area (Å²) in [6, 6.07) is 11.9. The third kappa shape index (κ3) is 2.73. The van der Waals surface area contributed by atoms with Gasteiger partial charge in [0.15, 0.2) is 4.77 Å². The summed E-state index contributed by atoms with van der Waals surface area (Å²) in [7, 11) is 1.46. The Hall–Kier alpha value is -2.25. The number of fused-ring (bicyclic) bond motifs is 1. The summed E-state index contributed by atoms with van der Waals surface area (Å²) < 4.78 is 6.90. The second-order valence-electron chi connectivity index (χ2n) is 4.77. The smallest absolute Gasteiger partial charge is 0.270 e. The molecule has 2 aromatic carbocycles. The fourth-order valence-corrected chi connectivity index (χ4v) is 2.95. The van der Waals surface area contributed by atoms with Crippen molar-refractivity contribution < 1.29 is 9.53 Å². The van der Waals surface area contributed by atoms with Gasteiger partial charge in [-0.25, -0.2) is 4.57 Å². The van der Waals surface area contributed by atoms with Gasteiger partial charge >= 0.3 is 0 Å². The molecule has 116 valence electrons. The highest BCUT2D eigenvalue weighted by molar-refractivity contribution is 9.10. The largest absolute Gasteiger partial charge is 0.496 e. The maximum absolute atomic E-state index is 12.8. The SMILES string of the molecule is COc1ccc(Br)cc1C(=O)n1c(=S)[nH]c2ccccc2c1=O. The minimum absolute atomic E-state index is 0.0423. The van der Waals surface area contributed by atoms with Crippen LogP contribution in [0.15, 0.2) is 51.7 Å². The van der Waals surface area contributed by atoms with Crippen molar-refractivity contribution >= 4 is 45.0 Å². The van der Waals surface area contributed by atoms with Crippen molar-refractivity contribution in [3.63, 3.8) is 0 Å². The molecular formula is C16H11BrN2O3S. The number of aromatic amines is 1. The van der Waals surface area contributed by atoms with Crippen LogP contribution in [0, 0.1) is 4.77 Å². The number of benzene rings is 2. The molecule has 3 aromatic rings. The molecular weight excluding hydrogens is 380 g/mol. The Balaban J connectivity index is 2.29. The van der Waals surface area contributed by atoms with E-state index in [1.807, 2.05) is 0 Å². The van der Waals surface area contributed by atoms with Crippen LogP contribution in [0.1, 0.15) is 10.4 Å². The molecule has 7 heteroatoms. The first kappa shape index (κ1) is 15.6. The van der Waals surface area contributed by atoms with Crippen molar-refractivity contribution in [3.8, 4) is 5.75 Å². The molecule has 1 heterocycles. The first-order chi connectivity index (χ1) is 11.0. The van der Waals surface area contributed by atoms with E-state index in [0.717, 1.165) is 4.57 Å². The second kappa shape index (κ2) is 6.10. The zero-order valence-corrected chi connectivity index (χ0v) is 14.4. The van der Waals surface area contributed by atoms with Gasteiger partial charge in [-0.2, -0.15) is 0 Å². The molecule has 5 nitrogen and oxygen atoms in total. The van der Waals surface area contributed by atoms with E-state index in [2.05, 4.69) is 20.9 Å². The number of nitrogens with zero attached hydrogens (tertiary/aromatic N) is 1. The fraction of sp³-hybridized carbons (Fsp3) is 0.0625. The summed E-state index contributed by atoms with van der Waals surface area (Å²) in [6.45, 7) is 0. The van der Waals surface area contributed by atoms with Crippen molar-refractivity contribution in [1.29, 1.82) is 0 Å². The number of carbonyl (C=O) groups is 1. The van der Waals surface area contributed by atoms with Gasteiger partial charge in [0, 0.05) is 4.47 Å². The molecule has 23 heavy (non-hydrogen) atoms. The average Bonchev–Trinajstić information content (AvgIpc) is 2.54. The van der Waals surface area contributed by atoms with Crippen LogP contribution in [0.2, 0.25) is 0 Å². The molecule has 0 fully saturated rings. The molecule has 0 aliphatic carbocycles. The Kier molecular flexibility index (Phi) is 4.14. The van der Waals surface area contributed by atoms with E-state index in [1.54, 1.807) is 42.5 Å². The van der Waals surface area contributed by atoms with E-state index >= 15 is 0 Å². The highest BCUT2D eigenvalue weighted by Gasteiger charge is 2.18. The van der Waals surface area contributed by atoms with E-state index in [4.69, 9.17) is 17.0 Å². The van der Waals surface area contributed by atoms with Crippen LogP contribution in [-0.4, -0.2) is 22.6 Å². The van der Waals surface area contributed by atoms with Crippen LogP contribution in [0.25, 0.3) is 10.9 Å². The molecule has 0 aliphatic rings. The number of aromatic nitrogens is 2. The fourth-order valence-electron chi connectivity index (χ4n) is 2.31. The number of rotatable bonds is 2. The van der Waals surface area contributed by atoms with Gasteiger partial charge in [0.2, 0.25) is 0 Å². The molecule has 0 radical (unpaired) electrons. The highest BCUT2D eigenvalue weighted by Crippen LogP contribution is 2.23. The van der Waals surface area contributed by atoms with Crippen molar-refractivity contribution in [2.75, 3.05) is 7.11 Å². The van der Waals surface area contributed by atoms with Crippen LogP contribution in [0.4, 0.5) is 0 Å². The number of carbonyl (C=O) groups excluding carboxylic acids is 1. The van der Waals surface area contributed by atoms with Gasteiger partial charge in [0.25, 0.3) is 11.5 Å². The van der Waals surface area contributed by atoms with E-state index in [0.29, 0.717) is 21.1 Å². The summed E-state index contributed by atoms with van der Waals surface area (Å²) in [5.41, 5.74) is 0.378. The summed E-state index contributed by atoms with van der Waals surface area (Å²) >= 11 is 8.50. The predicted molar refractivity (Wildman–Crippen MR) is 93.8 cm³/mol. The van der Waals surface area contributed by atoms with Gasteiger partial charge in [0.05, 0.1) is 23.6 Å². The van der Waals surface area contributed by atoms with Gasteiger partial charge in [0.1, 0.15) is 5.75 Å². The molecule has 0 saturated carbocycles. The summed E-state index contributed by atoms with van der Waals surface area (Å²) in [5, 5.41) is 0.392. The molecule has 0 bridgehead atoms. The first-order valence-corrected chi connectivity index (χ1v) is 7.85. The number of H-pyrrole nitrogens is 1. The summed E-state index contributed by atoms with van der Waals surface area (Å²) in [6.07, 6.45) is 0. The highest BCUT2D eigenvalue weighted by atomic mass is 79.9. The zero-order valence-electron chi connectivity index (χ0n) is 12.0. The van der Waals surface area contributed by atoms with Crippen LogP contribution in [-0.2, 0) is 0 Å². The quantitative estimate of drug-likeness (QED) is 0.679. The second-order valence-corrected chi connectivity index (χ2v) is 6.07. The van der Waals surface area contributed by atoms with Gasteiger partial charge in [-0.15, -0.1) is 0 Å². The molecule has 0 unspecified atom stereocenters. The number of hydrogen-bond acceptors (Lipinski definition) is 4. The molecule has 0 amide bonds. The Labute approximate surface area is 144 Å². The monoisotopic (exact) mass is 390 g/mol. The molecule has 0 atom stereocenters. The number of hydrogen-bond donors (Lipinski definition) is 1. The molecule has 3 rings (SSSR count). The predicted octanol–water partition coefficient (Wildman–Crippen LogP) is 3.52. The summed E-state index contributed by atoms with van der Waals surface area (Å²) in [4.78, 5) is 28.4. The lowest BCUT2D eigenvalue weighted by Gasteiger charge is -2.10. The average molecular weight is 391 g/mol. The van der Waals surface area contributed by atoms with E-state index < -0.39 is 11.5 Å². The van der Waals surface area contributed by atoms with Crippen molar-refractivity contribution in [1.82, 2.24) is 9.55 Å². The van der Waals surface area contributed by atoms with Crippen LogP contribution in [0.3, 0.4) is 0 Å². The van der Waals surface area contributed by atoms with E-state index in [9.17, 15) is 9.59 Å². The Morgan fingerprint density at radius 2 is 2.00 bits per heavy atom. The zero-order chi connectivity index (χ0) is 16.6. The van der Waals surface area contributed by atoms with Crippen LogP contribution < -0.4 is 10.3 Å². The van der Waals surface area contributed by atoms with Gasteiger partial charge in [-0.05, 0) is 42.5 Å². The lowest BCUT2D eigenvalue weighted by molar-refractivity contribution is 0.0950. The number of halogens is 1. The van der Waals surface area contributed by atoms with Gasteiger partial charge in [-0.1, -0.05) is 28.1 Å². The molecule has 1 N–H and O–H groups in total. The third-order valence-electron chi connectivity index (χ3n) is 3.40. The lowest BCUT2D eigenvalue weighted by Crippen LogP contribution is -2.29. The Morgan fingerprint density at radius 1 is 1.26 bits per heavy atom. The summed E-state index contributed by atoms with van der Waals surface area (Å²) in [5.74, 6) is -0.173. The van der Waals surface area contributed by atoms with Crippen molar-refractivity contribution in [2.45, 2.75) is 0 Å². The first-order valence-electron chi connectivity index (χ1n) is 6.65. The Bertz CT molecular complexity index is 1040. The van der Waals surface area contributed by atoms with Crippen molar-refractivity contribution in [2.24, 2.45) is 0 Å². The van der Waals surface area contributed by atoms with E-state index in [-0.39, 0.29) is 10.3 Å². The number of para-hydroxylation sites is 1. The minimum Gasteiger partial charge on any atom is -0.496 e. The topological polar surface area (TPSA) is 64.1 Å². The van der Waals surface area contributed by atoms with Crippen molar-refractivity contribution in [3.05, 3.63) is 67.6 Å². The normalized spacial score (nSPS) is 10.7. The number of nitrogens with one attached hydrogen (secondary N) is 1. The molecule has 0 spiro atoms. The van der Waals surface area contributed by atoms with Gasteiger partial charge in [-0.3, -0.25) is 9.59 Å². The number of methoxy groups -OCH3 is 1. The van der Waals surface area contributed by atoms with Crippen LogP contribution >= 0.6 is 28.1 Å². The number of ether oxygens (including phenoxy) is 1. The molecule has 0 saturated heterocycles.